The predicted octanol–water partition coefficient (Wildman–Crippen LogP) is 1.21. The topological polar surface area (TPSA) is 58.9 Å². The Balaban J connectivity index is 1.42. The van der Waals surface area contributed by atoms with E-state index in [1.54, 1.807) is 0 Å². The molecule has 0 aromatic carbocycles. The Bertz CT molecular complexity index is 648. The Morgan fingerprint density at radius 3 is 1.50 bits per heavy atom. The molecule has 4 nitrogen and oxygen atoms in total. The Morgan fingerprint density at radius 2 is 1.04 bits per heavy atom. The molecule has 0 amide bonds. The monoisotopic (exact) mass is 328 g/mol. The molecule has 128 valence electrons. The summed E-state index contributed by atoms with van der Waals surface area (Å²) < 4.78 is 12.7. The van der Waals surface area contributed by atoms with Crippen LogP contribution in [0.25, 0.3) is 0 Å². The molecule has 0 aromatic rings. The molecule has 2 saturated heterocycles. The fourth-order valence-corrected chi connectivity index (χ4v) is 12.5. The number of rotatable bonds is 0. The fourth-order valence-electron chi connectivity index (χ4n) is 12.5. The molecule has 8 bridgehead atoms. The van der Waals surface area contributed by atoms with E-state index in [2.05, 4.69) is 0 Å². The lowest BCUT2D eigenvalue weighted by atomic mass is 9.41. The lowest BCUT2D eigenvalue weighted by molar-refractivity contribution is -0.393. The van der Waals surface area contributed by atoms with Crippen molar-refractivity contribution < 1.29 is 19.7 Å². The minimum Gasteiger partial charge on any atom is -0.367 e. The molecule has 0 unspecified atom stereocenters. The summed E-state index contributed by atoms with van der Waals surface area (Å²) in [6.07, 6.45) is 4.08. The van der Waals surface area contributed by atoms with Gasteiger partial charge in [-0.3, -0.25) is 0 Å². The molecule has 16 atom stereocenters. The van der Waals surface area contributed by atoms with E-state index in [1.165, 1.54) is 12.8 Å². The lowest BCUT2D eigenvalue weighted by Gasteiger charge is -2.68. The van der Waals surface area contributed by atoms with Crippen molar-refractivity contribution >= 4 is 0 Å². The molecule has 2 N–H and O–H groups in total. The van der Waals surface area contributed by atoms with Gasteiger partial charge in [0.05, 0.1) is 12.2 Å². The highest BCUT2D eigenvalue weighted by molar-refractivity contribution is 5.45. The van der Waals surface area contributed by atoms with Gasteiger partial charge in [0, 0.05) is 10.8 Å². The second-order valence-corrected chi connectivity index (χ2v) is 10.8. The largest absolute Gasteiger partial charge is 0.367 e. The van der Waals surface area contributed by atoms with Crippen molar-refractivity contribution in [1.82, 2.24) is 0 Å². The summed E-state index contributed by atoms with van der Waals surface area (Å²) in [4.78, 5) is 0. The molecule has 0 radical (unpaired) electrons. The molecule has 10 aliphatic rings. The molecule has 10 fully saturated rings. The predicted molar refractivity (Wildman–Crippen MR) is 80.0 cm³/mol. The van der Waals surface area contributed by atoms with E-state index >= 15 is 0 Å². The number of hydrogen-bond donors (Lipinski definition) is 2. The van der Waals surface area contributed by atoms with Crippen LogP contribution in [-0.4, -0.2) is 35.0 Å². The minimum atomic E-state index is -0.647. The van der Waals surface area contributed by atoms with E-state index in [0.29, 0.717) is 47.7 Å². The van der Waals surface area contributed by atoms with Crippen molar-refractivity contribution in [1.29, 1.82) is 0 Å². The van der Waals surface area contributed by atoms with Gasteiger partial charge in [0.25, 0.3) is 0 Å². The first-order valence-electron chi connectivity index (χ1n) is 10.4. The molecule has 24 heavy (non-hydrogen) atoms. The van der Waals surface area contributed by atoms with Crippen LogP contribution < -0.4 is 0 Å². The molecule has 4 heteroatoms. The molecule has 10 rings (SSSR count). The van der Waals surface area contributed by atoms with Crippen LogP contribution in [0, 0.1) is 70.0 Å². The van der Waals surface area contributed by atoms with Crippen LogP contribution in [-0.2, 0) is 9.47 Å². The summed E-state index contributed by atoms with van der Waals surface area (Å²) in [6.45, 7) is 0. The molecule has 2 aliphatic heterocycles. The van der Waals surface area contributed by atoms with E-state index in [-0.39, 0.29) is 10.8 Å². The van der Waals surface area contributed by atoms with Gasteiger partial charge in [0.15, 0.2) is 12.6 Å². The lowest BCUT2D eigenvalue weighted by Crippen LogP contribution is -2.73. The quantitative estimate of drug-likeness (QED) is 0.702. The van der Waals surface area contributed by atoms with Crippen LogP contribution in [0.1, 0.15) is 25.7 Å². The minimum absolute atomic E-state index is 0.157. The van der Waals surface area contributed by atoms with Crippen LogP contribution in [0.2, 0.25) is 0 Å². The summed E-state index contributed by atoms with van der Waals surface area (Å²) in [6, 6.07) is 0. The first kappa shape index (κ1) is 12.3. The van der Waals surface area contributed by atoms with Gasteiger partial charge < -0.3 is 19.7 Å². The average Bonchev–Trinajstić information content (AvgIpc) is 3.34. The third kappa shape index (κ3) is 0.719. The number of hydrogen-bond acceptors (Lipinski definition) is 4. The van der Waals surface area contributed by atoms with Crippen LogP contribution in [0.5, 0.6) is 0 Å². The van der Waals surface area contributed by atoms with Gasteiger partial charge in [-0.2, -0.15) is 0 Å². The van der Waals surface area contributed by atoms with Crippen LogP contribution >= 0.6 is 0 Å². The van der Waals surface area contributed by atoms with Crippen LogP contribution in [0.4, 0.5) is 0 Å². The van der Waals surface area contributed by atoms with E-state index in [9.17, 15) is 10.2 Å². The van der Waals surface area contributed by atoms with Crippen molar-refractivity contribution in [2.45, 2.75) is 50.5 Å². The van der Waals surface area contributed by atoms with Crippen molar-refractivity contribution in [3.05, 3.63) is 0 Å². The highest BCUT2D eigenvalue weighted by Gasteiger charge is 3.01. The first-order valence-corrected chi connectivity index (χ1v) is 10.4. The summed E-state index contributed by atoms with van der Waals surface area (Å²) in [5.74, 6) is 6.92. The summed E-state index contributed by atoms with van der Waals surface area (Å²) in [5, 5.41) is 22.8. The Labute approximate surface area is 140 Å². The first-order chi connectivity index (χ1) is 11.7. The third-order valence-electron chi connectivity index (χ3n) is 11.7. The molecular formula is C20H24O4. The highest BCUT2D eigenvalue weighted by Crippen LogP contribution is 3.00. The zero-order valence-corrected chi connectivity index (χ0v) is 13.6. The van der Waals surface area contributed by atoms with Crippen molar-refractivity contribution in [3.63, 3.8) is 0 Å². The SMILES string of the molecule is O[C@@H]1O[C@@H]2CC[C@@H]3[C@@H]2[C@H]2[C@H]4[C@@H]5[C@@H]6[C@@H]7[C@H]8CC[C@@H]7O[C@H](O)[C@]6([C@@H]34)[C@]21[C@H]85. The van der Waals surface area contributed by atoms with E-state index in [1.807, 2.05) is 0 Å². The van der Waals surface area contributed by atoms with Gasteiger partial charge in [0.1, 0.15) is 0 Å². The summed E-state index contributed by atoms with van der Waals surface area (Å²) in [5.41, 5.74) is -0.314. The van der Waals surface area contributed by atoms with Crippen molar-refractivity contribution in [2.24, 2.45) is 70.0 Å². The smallest absolute Gasteiger partial charge is 0.161 e. The van der Waals surface area contributed by atoms with Gasteiger partial charge in [-0.25, -0.2) is 0 Å². The van der Waals surface area contributed by atoms with E-state index in [4.69, 9.17) is 9.47 Å². The highest BCUT2D eigenvalue weighted by atomic mass is 16.6. The molecule has 2 heterocycles. The Morgan fingerprint density at radius 1 is 0.583 bits per heavy atom. The normalized spacial score (nSPS) is 85.2. The summed E-state index contributed by atoms with van der Waals surface area (Å²) >= 11 is 0. The maximum atomic E-state index is 11.4. The second-order valence-electron chi connectivity index (χ2n) is 10.8. The molecule has 8 aliphatic carbocycles. The number of aliphatic hydroxyl groups is 2. The number of aliphatic hydroxyl groups excluding tert-OH is 2. The van der Waals surface area contributed by atoms with Gasteiger partial charge in [0.2, 0.25) is 0 Å². The van der Waals surface area contributed by atoms with E-state index < -0.39 is 12.6 Å². The summed E-state index contributed by atoms with van der Waals surface area (Å²) in [7, 11) is 0. The zero-order chi connectivity index (χ0) is 15.3. The van der Waals surface area contributed by atoms with Gasteiger partial charge in [-0.05, 0) is 84.9 Å². The van der Waals surface area contributed by atoms with Gasteiger partial charge in [-0.1, -0.05) is 0 Å². The standard InChI is InChI=1S/C20H24O4/c21-17-19-13-5-1-3-7-9(5)15-11(13)12-14(20(15,19)18(22)23-7)6-2-4-8(24-17)10(6)16(12)19/h5-18,21-22H,1-4H2/t5-,6-,7-,8+,9+,10-,11+,12+,13+,14-,15+,16+,17+,18-,19-,20-/m1/s1. The van der Waals surface area contributed by atoms with Crippen LogP contribution in [0.3, 0.4) is 0 Å². The second kappa shape index (κ2) is 3.04. The molecule has 2 spiro atoms. The fraction of sp³-hybridized carbons (Fsp3) is 1.00. The average molecular weight is 328 g/mol. The Kier molecular flexibility index (Phi) is 1.56. The maximum absolute atomic E-state index is 11.4. The van der Waals surface area contributed by atoms with Gasteiger partial charge in [-0.15, -0.1) is 0 Å². The van der Waals surface area contributed by atoms with E-state index in [0.717, 1.165) is 36.5 Å². The van der Waals surface area contributed by atoms with Crippen molar-refractivity contribution in [2.75, 3.05) is 0 Å². The Hall–Kier alpha value is -0.160. The third-order valence-corrected chi connectivity index (χ3v) is 11.7. The maximum Gasteiger partial charge on any atom is 0.161 e. The van der Waals surface area contributed by atoms with Gasteiger partial charge >= 0.3 is 0 Å². The zero-order valence-electron chi connectivity index (χ0n) is 13.6. The molecular weight excluding hydrogens is 304 g/mol. The molecule has 8 saturated carbocycles. The number of ether oxygens (including phenoxy) is 2. The van der Waals surface area contributed by atoms with Crippen molar-refractivity contribution in [3.8, 4) is 0 Å². The van der Waals surface area contributed by atoms with Crippen LogP contribution in [0.15, 0.2) is 0 Å². The molecule has 0 aromatic heterocycles.